The number of nitrogens with zero attached hydrogens (tertiary/aromatic N) is 1. The van der Waals surface area contributed by atoms with Gasteiger partial charge in [-0.1, -0.05) is 110 Å². The smallest absolute Gasteiger partial charge is 0.335 e. The van der Waals surface area contributed by atoms with E-state index in [2.05, 4.69) is 128 Å². The van der Waals surface area contributed by atoms with E-state index in [9.17, 15) is 9.59 Å². The summed E-state index contributed by atoms with van der Waals surface area (Å²) in [6.07, 6.45) is 4.36. The maximum atomic E-state index is 11.7. The SMILES string of the molecule is C=CC(=O)Oc1ccc(C(=Cc2ccc(N(c3ccc(C)cc3)c3ccc(-c4ccccc4)cc3)cc2)c2ccc(OC(=O)C=C)cc2)cc1. The minimum absolute atomic E-state index is 0.419. The van der Waals surface area contributed by atoms with Gasteiger partial charge in [-0.3, -0.25) is 0 Å². The Hall–Kier alpha value is -6.72. The molecule has 0 aromatic heterocycles. The van der Waals surface area contributed by atoms with Crippen LogP contribution in [0.25, 0.3) is 22.8 Å². The largest absolute Gasteiger partial charge is 0.423 e. The molecule has 0 bridgehead atoms. The van der Waals surface area contributed by atoms with Gasteiger partial charge in [0.15, 0.2) is 0 Å². The predicted octanol–water partition coefficient (Wildman–Crippen LogP) is 10.9. The van der Waals surface area contributed by atoms with Gasteiger partial charge in [0.1, 0.15) is 11.5 Å². The van der Waals surface area contributed by atoms with E-state index in [-0.39, 0.29) is 0 Å². The first kappa shape index (κ1) is 33.2. The van der Waals surface area contributed by atoms with E-state index in [4.69, 9.17) is 9.47 Å². The highest BCUT2D eigenvalue weighted by Gasteiger charge is 2.14. The van der Waals surface area contributed by atoms with Crippen molar-refractivity contribution < 1.29 is 19.1 Å². The van der Waals surface area contributed by atoms with Gasteiger partial charge in [-0.05, 0) is 107 Å². The zero-order valence-electron chi connectivity index (χ0n) is 27.7. The minimum atomic E-state index is -0.523. The molecule has 0 saturated heterocycles. The fraction of sp³-hybridized carbons (Fsp3) is 0.0222. The van der Waals surface area contributed by atoms with Crippen molar-refractivity contribution in [2.24, 2.45) is 0 Å². The van der Waals surface area contributed by atoms with Gasteiger partial charge >= 0.3 is 11.9 Å². The lowest BCUT2D eigenvalue weighted by Gasteiger charge is -2.26. The summed E-state index contributed by atoms with van der Waals surface area (Å²) < 4.78 is 10.6. The molecule has 0 atom stereocenters. The van der Waals surface area contributed by atoms with Gasteiger partial charge in [0.2, 0.25) is 0 Å². The van der Waals surface area contributed by atoms with Crippen LogP contribution in [0.4, 0.5) is 17.1 Å². The number of ether oxygens (including phenoxy) is 2. The molecule has 0 heterocycles. The molecule has 6 aromatic rings. The fourth-order valence-corrected chi connectivity index (χ4v) is 5.51. The third-order valence-corrected chi connectivity index (χ3v) is 8.09. The van der Waals surface area contributed by atoms with E-state index in [0.717, 1.165) is 57.0 Å². The van der Waals surface area contributed by atoms with Crippen molar-refractivity contribution in [2.75, 3.05) is 4.90 Å². The minimum Gasteiger partial charge on any atom is -0.423 e. The summed E-state index contributed by atoms with van der Waals surface area (Å²) in [5, 5.41) is 0. The molecule has 0 aliphatic heterocycles. The molecule has 6 rings (SSSR count). The van der Waals surface area contributed by atoms with E-state index in [1.807, 2.05) is 30.3 Å². The Morgan fingerprint density at radius 2 is 0.940 bits per heavy atom. The summed E-state index contributed by atoms with van der Waals surface area (Å²) in [5.41, 5.74) is 10.4. The average Bonchev–Trinajstić information content (AvgIpc) is 3.16. The number of carbonyl (C=O) groups is 2. The van der Waals surface area contributed by atoms with Crippen LogP contribution in [0.1, 0.15) is 22.3 Å². The predicted molar refractivity (Wildman–Crippen MR) is 203 cm³/mol. The summed E-state index contributed by atoms with van der Waals surface area (Å²) in [6, 6.07) is 50.5. The van der Waals surface area contributed by atoms with Crippen LogP contribution in [0, 0.1) is 6.92 Å². The van der Waals surface area contributed by atoms with Crippen molar-refractivity contribution in [1.29, 1.82) is 0 Å². The monoisotopic (exact) mass is 653 g/mol. The lowest BCUT2D eigenvalue weighted by Crippen LogP contribution is -2.09. The maximum Gasteiger partial charge on any atom is 0.335 e. The second-order valence-corrected chi connectivity index (χ2v) is 11.5. The Bertz CT molecular complexity index is 2060. The van der Waals surface area contributed by atoms with Crippen molar-refractivity contribution in [1.82, 2.24) is 0 Å². The Labute approximate surface area is 292 Å². The highest BCUT2D eigenvalue weighted by molar-refractivity contribution is 5.92. The zero-order valence-corrected chi connectivity index (χ0v) is 27.7. The first-order valence-electron chi connectivity index (χ1n) is 16.1. The van der Waals surface area contributed by atoms with Gasteiger partial charge in [-0.2, -0.15) is 0 Å². The van der Waals surface area contributed by atoms with Crippen LogP contribution in [0.3, 0.4) is 0 Å². The fourth-order valence-electron chi connectivity index (χ4n) is 5.51. The first-order valence-corrected chi connectivity index (χ1v) is 16.1. The van der Waals surface area contributed by atoms with Crippen LogP contribution < -0.4 is 14.4 Å². The zero-order chi connectivity index (χ0) is 34.9. The molecule has 0 aliphatic rings. The molecule has 6 aromatic carbocycles. The molecule has 244 valence electrons. The maximum absolute atomic E-state index is 11.7. The number of esters is 2. The summed E-state index contributed by atoms with van der Waals surface area (Å²) in [5.74, 6) is -0.209. The van der Waals surface area contributed by atoms with E-state index in [1.165, 1.54) is 11.1 Å². The Morgan fingerprint density at radius 1 is 0.520 bits per heavy atom. The second-order valence-electron chi connectivity index (χ2n) is 11.5. The molecule has 5 nitrogen and oxygen atoms in total. The van der Waals surface area contributed by atoms with Crippen LogP contribution >= 0.6 is 0 Å². The van der Waals surface area contributed by atoms with Crippen LogP contribution in [-0.4, -0.2) is 11.9 Å². The van der Waals surface area contributed by atoms with Gasteiger partial charge < -0.3 is 14.4 Å². The van der Waals surface area contributed by atoms with Crippen molar-refractivity contribution in [2.45, 2.75) is 6.92 Å². The molecule has 0 amide bonds. The van der Waals surface area contributed by atoms with Gasteiger partial charge in [0.25, 0.3) is 0 Å². The number of hydrogen-bond acceptors (Lipinski definition) is 5. The summed E-state index contributed by atoms with van der Waals surface area (Å²) >= 11 is 0. The van der Waals surface area contributed by atoms with E-state index < -0.39 is 11.9 Å². The molecule has 0 fully saturated rings. The molecular formula is C45H35NO4. The highest BCUT2D eigenvalue weighted by atomic mass is 16.5. The number of anilines is 3. The molecule has 0 aliphatic carbocycles. The molecule has 0 radical (unpaired) electrons. The van der Waals surface area contributed by atoms with Gasteiger partial charge in [-0.25, -0.2) is 9.59 Å². The van der Waals surface area contributed by atoms with Crippen LogP contribution in [-0.2, 0) is 9.59 Å². The molecule has 0 spiro atoms. The molecule has 5 heteroatoms. The van der Waals surface area contributed by atoms with Crippen molar-refractivity contribution in [3.8, 4) is 22.6 Å². The quantitative estimate of drug-likeness (QED) is 0.0603. The van der Waals surface area contributed by atoms with Crippen molar-refractivity contribution in [3.63, 3.8) is 0 Å². The number of rotatable bonds is 11. The highest BCUT2D eigenvalue weighted by Crippen LogP contribution is 2.37. The van der Waals surface area contributed by atoms with Gasteiger partial charge in [0.05, 0.1) is 0 Å². The number of hydrogen-bond donors (Lipinski definition) is 0. The summed E-state index contributed by atoms with van der Waals surface area (Å²) in [4.78, 5) is 25.7. The molecule has 0 unspecified atom stereocenters. The summed E-state index contributed by atoms with van der Waals surface area (Å²) in [6.45, 7) is 9.02. The topological polar surface area (TPSA) is 55.8 Å². The Morgan fingerprint density at radius 3 is 1.40 bits per heavy atom. The third kappa shape index (κ3) is 8.04. The standard InChI is InChI=1S/C45H35NO4/c1-4-44(47)49-41-27-17-36(18-28-41)43(37-19-29-42(30-20-37)50-45(48)5-2)31-33-13-23-39(24-14-33)46(38-21-11-32(3)12-22-38)40-25-15-35(16-26-40)34-9-7-6-8-10-34/h4-31H,1-2H2,3H3. The third-order valence-electron chi connectivity index (χ3n) is 8.09. The Balaban J connectivity index is 1.36. The van der Waals surface area contributed by atoms with Crippen molar-refractivity contribution >= 4 is 40.6 Å². The van der Waals surface area contributed by atoms with Gasteiger partial charge in [0, 0.05) is 29.2 Å². The van der Waals surface area contributed by atoms with E-state index in [1.54, 1.807) is 24.3 Å². The van der Waals surface area contributed by atoms with Crippen LogP contribution in [0.15, 0.2) is 177 Å². The summed E-state index contributed by atoms with van der Waals surface area (Å²) in [7, 11) is 0. The normalized spacial score (nSPS) is 10.4. The number of carbonyl (C=O) groups excluding carboxylic acids is 2. The lowest BCUT2D eigenvalue weighted by atomic mass is 9.95. The lowest BCUT2D eigenvalue weighted by molar-refractivity contribution is -0.129. The second kappa shape index (κ2) is 15.5. The average molecular weight is 654 g/mol. The molecular weight excluding hydrogens is 618 g/mol. The van der Waals surface area contributed by atoms with E-state index in [0.29, 0.717) is 11.5 Å². The van der Waals surface area contributed by atoms with E-state index >= 15 is 0 Å². The van der Waals surface area contributed by atoms with Crippen LogP contribution in [0.5, 0.6) is 11.5 Å². The van der Waals surface area contributed by atoms with Crippen molar-refractivity contribution in [3.05, 3.63) is 199 Å². The molecule has 0 N–H and O–H groups in total. The first-order chi connectivity index (χ1) is 24.4. The number of aryl methyl sites for hydroxylation is 1. The van der Waals surface area contributed by atoms with Gasteiger partial charge in [-0.15, -0.1) is 0 Å². The number of benzene rings is 6. The van der Waals surface area contributed by atoms with Crippen LogP contribution in [0.2, 0.25) is 0 Å². The Kier molecular flexibility index (Phi) is 10.3. The molecule has 0 saturated carbocycles. The molecule has 50 heavy (non-hydrogen) atoms.